The average Bonchev–Trinajstić information content (AvgIpc) is 2.53. The van der Waals surface area contributed by atoms with Gasteiger partial charge in [0.15, 0.2) is 11.5 Å². The fourth-order valence-electron chi connectivity index (χ4n) is 2.39. The van der Waals surface area contributed by atoms with Crippen molar-refractivity contribution in [1.29, 1.82) is 0 Å². The van der Waals surface area contributed by atoms with E-state index in [1.54, 1.807) is 42.5 Å². The molecule has 1 N–H and O–H groups in total. The van der Waals surface area contributed by atoms with Crippen molar-refractivity contribution >= 4 is 17.1 Å². The highest BCUT2D eigenvalue weighted by Gasteiger charge is 2.32. The van der Waals surface area contributed by atoms with Crippen LogP contribution in [0.5, 0.6) is 5.75 Å². The Labute approximate surface area is 121 Å². The lowest BCUT2D eigenvalue weighted by Crippen LogP contribution is -2.21. The number of fused-ring (bicyclic) bond motifs is 1. The molecule has 4 heteroatoms. The third-order valence-electron chi connectivity index (χ3n) is 3.47. The summed E-state index contributed by atoms with van der Waals surface area (Å²) in [5.41, 5.74) is 1.06. The molecule has 3 rings (SSSR count). The van der Waals surface area contributed by atoms with E-state index >= 15 is 0 Å². The van der Waals surface area contributed by atoms with E-state index in [2.05, 4.69) is 0 Å². The number of rotatable bonds is 2. The van der Waals surface area contributed by atoms with Gasteiger partial charge >= 0.3 is 0 Å². The largest absolute Gasteiger partial charge is 0.504 e. The van der Waals surface area contributed by atoms with E-state index in [0.717, 1.165) is 0 Å². The number of hydrogen-bond donors (Lipinski definition) is 1. The molecule has 1 aliphatic rings. The number of aliphatic hydroxyl groups excluding tert-OH is 1. The van der Waals surface area contributed by atoms with Crippen LogP contribution in [0.4, 0.5) is 0 Å². The van der Waals surface area contributed by atoms with Crippen molar-refractivity contribution in [3.8, 4) is 5.75 Å². The van der Waals surface area contributed by atoms with Gasteiger partial charge in [-0.15, -0.1) is 0 Å². The van der Waals surface area contributed by atoms with Gasteiger partial charge in [0, 0.05) is 11.1 Å². The molecule has 0 radical (unpaired) electrons. The van der Waals surface area contributed by atoms with Crippen LogP contribution >= 0.6 is 0 Å². The van der Waals surface area contributed by atoms with E-state index in [9.17, 15) is 14.7 Å². The van der Waals surface area contributed by atoms with E-state index in [4.69, 9.17) is 4.74 Å². The Morgan fingerprint density at radius 3 is 2.00 bits per heavy atom. The van der Waals surface area contributed by atoms with Crippen molar-refractivity contribution in [2.45, 2.75) is 0 Å². The summed E-state index contributed by atoms with van der Waals surface area (Å²) in [6.45, 7) is 0. The van der Waals surface area contributed by atoms with Crippen LogP contribution in [0.2, 0.25) is 0 Å². The minimum atomic E-state index is -0.531. The molecule has 21 heavy (non-hydrogen) atoms. The highest BCUT2D eigenvalue weighted by Crippen LogP contribution is 2.31. The number of allylic oxidation sites excluding steroid dienone is 2. The van der Waals surface area contributed by atoms with Gasteiger partial charge in [-0.05, 0) is 17.7 Å². The maximum Gasteiger partial charge on any atom is 0.228 e. The molecule has 2 aromatic carbocycles. The van der Waals surface area contributed by atoms with Gasteiger partial charge < -0.3 is 9.84 Å². The third kappa shape index (κ3) is 2.01. The Balaban J connectivity index is 2.15. The molecule has 1 aliphatic carbocycles. The molecule has 0 aliphatic heterocycles. The maximum absolute atomic E-state index is 12.5. The summed E-state index contributed by atoms with van der Waals surface area (Å²) in [5.74, 6) is -0.762. The molecule has 0 heterocycles. The van der Waals surface area contributed by atoms with Crippen LogP contribution in [-0.4, -0.2) is 23.8 Å². The summed E-state index contributed by atoms with van der Waals surface area (Å²) in [4.78, 5) is 24.7. The normalized spacial score (nSPS) is 14.1. The van der Waals surface area contributed by atoms with Gasteiger partial charge in [-0.1, -0.05) is 36.4 Å². The molecular formula is C17H12O4. The fraction of sp³-hybridized carbons (Fsp3) is 0.0588. The molecule has 2 aromatic rings. The van der Waals surface area contributed by atoms with E-state index in [1.807, 2.05) is 0 Å². The number of aliphatic hydroxyl groups is 1. The Hall–Kier alpha value is -2.88. The summed E-state index contributed by atoms with van der Waals surface area (Å²) in [7, 11) is 1.54. The number of ketones is 2. The standard InChI is InChI=1S/C17H12O4/c1-21-11-8-6-10(7-9-11)14-15(18)12-4-2-3-5-13(12)16(19)17(14)20/h2-9,20H,1H3. The Morgan fingerprint density at radius 2 is 1.43 bits per heavy atom. The van der Waals surface area contributed by atoms with E-state index in [1.165, 1.54) is 13.2 Å². The molecule has 0 spiro atoms. The van der Waals surface area contributed by atoms with Crippen LogP contribution in [0, 0.1) is 0 Å². The zero-order chi connectivity index (χ0) is 15.0. The van der Waals surface area contributed by atoms with Crippen LogP contribution in [0.1, 0.15) is 26.3 Å². The zero-order valence-corrected chi connectivity index (χ0v) is 11.3. The number of benzene rings is 2. The second-order valence-corrected chi connectivity index (χ2v) is 4.66. The first-order valence-electron chi connectivity index (χ1n) is 6.39. The minimum Gasteiger partial charge on any atom is -0.504 e. The molecule has 0 fully saturated rings. The second-order valence-electron chi connectivity index (χ2n) is 4.66. The number of carbonyl (C=O) groups is 2. The summed E-state index contributed by atoms with van der Waals surface area (Å²) < 4.78 is 5.06. The molecule has 0 aromatic heterocycles. The molecule has 104 valence electrons. The Bertz CT molecular complexity index is 770. The van der Waals surface area contributed by atoms with Crippen LogP contribution in [0.3, 0.4) is 0 Å². The molecule has 0 saturated carbocycles. The van der Waals surface area contributed by atoms with Gasteiger partial charge in [0.25, 0.3) is 0 Å². The SMILES string of the molecule is COc1ccc(C2=C(O)C(=O)c3ccccc3C2=O)cc1. The molecule has 4 nitrogen and oxygen atoms in total. The monoisotopic (exact) mass is 280 g/mol. The lowest BCUT2D eigenvalue weighted by Gasteiger charge is -2.17. The van der Waals surface area contributed by atoms with Gasteiger partial charge in [-0.2, -0.15) is 0 Å². The number of Topliss-reactive ketones (excluding diaryl/α,β-unsaturated/α-hetero) is 2. The van der Waals surface area contributed by atoms with Crippen LogP contribution in [0.15, 0.2) is 54.3 Å². The van der Waals surface area contributed by atoms with Gasteiger partial charge in [0.1, 0.15) is 5.75 Å². The summed E-state index contributed by atoms with van der Waals surface area (Å²) in [5, 5.41) is 10.1. The topological polar surface area (TPSA) is 63.6 Å². The van der Waals surface area contributed by atoms with Gasteiger partial charge in [0.05, 0.1) is 12.7 Å². The summed E-state index contributed by atoms with van der Waals surface area (Å²) >= 11 is 0. The van der Waals surface area contributed by atoms with Crippen LogP contribution in [-0.2, 0) is 0 Å². The van der Waals surface area contributed by atoms with Gasteiger partial charge in [0.2, 0.25) is 5.78 Å². The molecular weight excluding hydrogens is 268 g/mol. The predicted molar refractivity (Wildman–Crippen MR) is 77.6 cm³/mol. The first-order chi connectivity index (χ1) is 10.1. The first kappa shape index (κ1) is 13.1. The number of hydrogen-bond acceptors (Lipinski definition) is 4. The second kappa shape index (κ2) is 4.90. The van der Waals surface area contributed by atoms with Crippen LogP contribution < -0.4 is 4.74 Å². The fourth-order valence-corrected chi connectivity index (χ4v) is 2.39. The quantitative estimate of drug-likeness (QED) is 0.918. The van der Waals surface area contributed by atoms with E-state index < -0.39 is 11.5 Å². The molecule has 0 amide bonds. The van der Waals surface area contributed by atoms with Crippen molar-refractivity contribution < 1.29 is 19.4 Å². The predicted octanol–water partition coefficient (Wildman–Crippen LogP) is 3.04. The van der Waals surface area contributed by atoms with E-state index in [-0.39, 0.29) is 16.9 Å². The highest BCUT2D eigenvalue weighted by atomic mass is 16.5. The number of ether oxygens (including phenoxy) is 1. The van der Waals surface area contributed by atoms with Crippen molar-refractivity contribution in [3.63, 3.8) is 0 Å². The van der Waals surface area contributed by atoms with Crippen molar-refractivity contribution in [2.75, 3.05) is 7.11 Å². The number of carbonyl (C=O) groups excluding carboxylic acids is 2. The lowest BCUT2D eigenvalue weighted by atomic mass is 9.85. The maximum atomic E-state index is 12.5. The van der Waals surface area contributed by atoms with Crippen molar-refractivity contribution in [3.05, 3.63) is 71.0 Å². The lowest BCUT2D eigenvalue weighted by molar-refractivity contribution is 0.0947. The van der Waals surface area contributed by atoms with Crippen molar-refractivity contribution in [1.82, 2.24) is 0 Å². The molecule has 0 unspecified atom stereocenters. The van der Waals surface area contributed by atoms with Crippen LogP contribution in [0.25, 0.3) is 5.57 Å². The van der Waals surface area contributed by atoms with Crippen molar-refractivity contribution in [2.24, 2.45) is 0 Å². The average molecular weight is 280 g/mol. The molecule has 0 bridgehead atoms. The van der Waals surface area contributed by atoms with Gasteiger partial charge in [-0.25, -0.2) is 0 Å². The summed E-state index contributed by atoms with van der Waals surface area (Å²) in [6.07, 6.45) is 0. The Morgan fingerprint density at radius 1 is 0.857 bits per heavy atom. The zero-order valence-electron chi connectivity index (χ0n) is 11.3. The van der Waals surface area contributed by atoms with Gasteiger partial charge in [-0.3, -0.25) is 9.59 Å². The molecule has 0 saturated heterocycles. The third-order valence-corrected chi connectivity index (χ3v) is 3.47. The molecule has 0 atom stereocenters. The minimum absolute atomic E-state index is 0.0290. The Kier molecular flexibility index (Phi) is 3.06. The summed E-state index contributed by atoms with van der Waals surface area (Å²) in [6, 6.07) is 13.1. The van der Waals surface area contributed by atoms with E-state index in [0.29, 0.717) is 16.9 Å². The highest BCUT2D eigenvalue weighted by molar-refractivity contribution is 6.39. The smallest absolute Gasteiger partial charge is 0.228 e. The number of methoxy groups -OCH3 is 1. The first-order valence-corrected chi connectivity index (χ1v) is 6.39.